The van der Waals surface area contributed by atoms with Gasteiger partial charge in [0.2, 0.25) is 0 Å². The van der Waals surface area contributed by atoms with Gasteiger partial charge in [0.05, 0.1) is 22.4 Å². The van der Waals surface area contributed by atoms with Crippen LogP contribution in [0.5, 0.6) is 23.0 Å². The molecule has 8 rings (SSSR count). The fourth-order valence-corrected chi connectivity index (χ4v) is 7.09. The van der Waals surface area contributed by atoms with Crippen molar-refractivity contribution in [3.05, 3.63) is 138 Å². The van der Waals surface area contributed by atoms with Gasteiger partial charge in [-0.05, 0) is 109 Å². The zero-order chi connectivity index (χ0) is 40.0. The van der Waals surface area contributed by atoms with Crippen LogP contribution in [0.4, 0.5) is 0 Å². The van der Waals surface area contributed by atoms with Crippen molar-refractivity contribution in [3.63, 3.8) is 0 Å². The minimum Gasteiger partial charge on any atom is -0.457 e. The quantitative estimate of drug-likeness (QED) is 0.144. The minimum atomic E-state index is -0.311. The third-order valence-electron chi connectivity index (χ3n) is 10.2. The first kappa shape index (κ1) is 37.4. The summed E-state index contributed by atoms with van der Waals surface area (Å²) in [5.41, 5.74) is 9.69. The van der Waals surface area contributed by atoms with Crippen LogP contribution in [-0.4, -0.2) is 34.9 Å². The molecule has 0 fully saturated rings. The Hall–Kier alpha value is -6.48. The predicted octanol–water partition coefficient (Wildman–Crippen LogP) is 12.2. The number of hydrogen-bond donors (Lipinski definition) is 0. The predicted molar refractivity (Wildman–Crippen MR) is 228 cm³/mol. The van der Waals surface area contributed by atoms with E-state index in [-0.39, 0.29) is 17.3 Å². The first-order valence-corrected chi connectivity index (χ1v) is 19.5. The van der Waals surface area contributed by atoms with Gasteiger partial charge in [0, 0.05) is 51.8 Å². The van der Waals surface area contributed by atoms with Crippen LogP contribution >= 0.6 is 0 Å². The highest BCUT2D eigenvalue weighted by molar-refractivity contribution is 6.09. The highest BCUT2D eigenvalue weighted by Gasteiger charge is 2.22. The molecule has 0 spiro atoms. The summed E-state index contributed by atoms with van der Waals surface area (Å²) in [7, 11) is 0. The number of hydrogen-bond acceptors (Lipinski definition) is 8. The molecule has 0 saturated carbocycles. The van der Waals surface area contributed by atoms with Gasteiger partial charge in [-0.25, -0.2) is 0 Å². The summed E-state index contributed by atoms with van der Waals surface area (Å²) in [5.74, 6) is 4.30. The monoisotopic (exact) mass is 753 g/mol. The molecule has 0 radical (unpaired) electrons. The second-order valence-corrected chi connectivity index (χ2v) is 16.4. The maximum absolute atomic E-state index is 6.77. The summed E-state index contributed by atoms with van der Waals surface area (Å²) in [6.45, 7) is 19.0. The van der Waals surface area contributed by atoms with Crippen molar-refractivity contribution in [2.24, 2.45) is 0 Å². The molecule has 0 aliphatic carbocycles. The molecule has 0 atom stereocenters. The van der Waals surface area contributed by atoms with Crippen LogP contribution in [0.3, 0.4) is 0 Å². The Kier molecular flexibility index (Phi) is 9.77. The highest BCUT2D eigenvalue weighted by Crippen LogP contribution is 2.40. The summed E-state index contributed by atoms with van der Waals surface area (Å²) in [6.07, 6.45) is 3.68. The molecule has 0 N–H and O–H groups in total. The van der Waals surface area contributed by atoms with Crippen molar-refractivity contribution in [3.8, 4) is 51.5 Å². The number of aromatic nitrogens is 7. The molecule has 0 bridgehead atoms. The van der Waals surface area contributed by atoms with Gasteiger partial charge in [0.25, 0.3) is 5.95 Å². The zero-order valence-corrected chi connectivity index (χ0v) is 34.0. The van der Waals surface area contributed by atoms with Crippen molar-refractivity contribution in [2.45, 2.75) is 79.6 Å². The number of aryl methyl sites for hydroxylation is 2. The van der Waals surface area contributed by atoms with Crippen LogP contribution in [0.25, 0.3) is 50.3 Å². The molecule has 4 aromatic heterocycles. The van der Waals surface area contributed by atoms with E-state index in [0.29, 0.717) is 23.3 Å². The van der Waals surface area contributed by atoms with E-state index in [9.17, 15) is 0 Å². The molecule has 4 aromatic carbocycles. The van der Waals surface area contributed by atoms with Crippen LogP contribution in [-0.2, 0) is 5.41 Å². The lowest BCUT2D eigenvalue weighted by Crippen LogP contribution is -2.19. The van der Waals surface area contributed by atoms with Crippen molar-refractivity contribution < 1.29 is 9.47 Å². The molecule has 286 valence electrons. The van der Waals surface area contributed by atoms with Crippen molar-refractivity contribution in [1.82, 2.24) is 34.9 Å². The van der Waals surface area contributed by atoms with Crippen LogP contribution in [0.15, 0.2) is 109 Å². The standard InChI is InChI=1S/C48H47N7O2/c1-28(2)36-14-10-32(40-22-30(5)18-20-49-40)24-44(36)56-34-12-16-38-39-17-13-35(27-43(39)55(42(38)26-34)47-53-51-46(52-54-47)48(7,8)9)57-45-25-33(11-15-37(45)29(3)4)41-23-31(6)19-21-50-41/h10-29H,1-9H3. The maximum Gasteiger partial charge on any atom is 0.273 e. The van der Waals surface area contributed by atoms with Crippen LogP contribution in [0, 0.1) is 13.8 Å². The fraction of sp³-hybridized carbons (Fsp3) is 0.250. The Morgan fingerprint density at radius 2 is 0.982 bits per heavy atom. The molecule has 8 aromatic rings. The van der Waals surface area contributed by atoms with Crippen molar-refractivity contribution in [1.29, 1.82) is 0 Å². The Bertz CT molecular complexity index is 2600. The van der Waals surface area contributed by atoms with Gasteiger partial charge < -0.3 is 9.47 Å². The van der Waals surface area contributed by atoms with Crippen LogP contribution < -0.4 is 9.47 Å². The van der Waals surface area contributed by atoms with Gasteiger partial charge >= 0.3 is 0 Å². The van der Waals surface area contributed by atoms with Gasteiger partial charge in [-0.2, -0.15) is 0 Å². The zero-order valence-electron chi connectivity index (χ0n) is 34.0. The third-order valence-corrected chi connectivity index (χ3v) is 10.2. The van der Waals surface area contributed by atoms with Gasteiger partial charge in [0.1, 0.15) is 23.0 Å². The molecule has 0 unspecified atom stereocenters. The molecule has 9 nitrogen and oxygen atoms in total. The molecular formula is C48H47N7O2. The Balaban J connectivity index is 1.26. The molecule has 0 aliphatic heterocycles. The second-order valence-electron chi connectivity index (χ2n) is 16.4. The lowest BCUT2D eigenvalue weighted by Gasteiger charge is -2.16. The largest absolute Gasteiger partial charge is 0.457 e. The molecule has 0 saturated heterocycles. The van der Waals surface area contributed by atoms with Gasteiger partial charge in [-0.15, -0.1) is 20.4 Å². The van der Waals surface area contributed by atoms with E-state index in [1.54, 1.807) is 0 Å². The van der Waals surface area contributed by atoms with E-state index < -0.39 is 0 Å². The molecule has 9 heteroatoms. The Labute approximate surface area is 333 Å². The van der Waals surface area contributed by atoms with E-state index in [1.165, 1.54) is 0 Å². The summed E-state index contributed by atoms with van der Waals surface area (Å²) in [4.78, 5) is 9.27. The summed E-state index contributed by atoms with van der Waals surface area (Å²) < 4.78 is 15.5. The first-order chi connectivity index (χ1) is 27.3. The van der Waals surface area contributed by atoms with Gasteiger partial charge in [-0.3, -0.25) is 14.5 Å². The Morgan fingerprint density at radius 1 is 0.526 bits per heavy atom. The number of rotatable bonds is 9. The number of nitrogens with zero attached hydrogens (tertiary/aromatic N) is 7. The van der Waals surface area contributed by atoms with Gasteiger partial charge in [0.15, 0.2) is 5.82 Å². The highest BCUT2D eigenvalue weighted by atomic mass is 16.5. The van der Waals surface area contributed by atoms with E-state index in [4.69, 9.17) is 9.47 Å². The van der Waals surface area contributed by atoms with Crippen LogP contribution in [0.1, 0.15) is 88.4 Å². The third kappa shape index (κ3) is 7.57. The summed E-state index contributed by atoms with van der Waals surface area (Å²) in [6, 6.07) is 33.1. The molecular weight excluding hydrogens is 707 g/mol. The number of ether oxygens (including phenoxy) is 2. The smallest absolute Gasteiger partial charge is 0.273 e. The minimum absolute atomic E-state index is 0.241. The SMILES string of the molecule is Cc1ccnc(-c2ccc(C(C)C)c(Oc3ccc4c5ccc(Oc6cc(-c7cc(C)ccn7)ccc6C(C)C)cc5n(-c5nnc(C(C)(C)C)nn5)c4c3)c2)c1. The lowest BCUT2D eigenvalue weighted by molar-refractivity contribution is 0.474. The fourth-order valence-electron chi connectivity index (χ4n) is 7.09. The van der Waals surface area contributed by atoms with E-state index in [0.717, 1.165) is 78.1 Å². The number of fused-ring (bicyclic) bond motifs is 3. The molecule has 0 aliphatic rings. The van der Waals surface area contributed by atoms with Gasteiger partial charge in [-0.1, -0.05) is 72.7 Å². The normalized spacial score (nSPS) is 11.9. The number of benzene rings is 4. The topological polar surface area (TPSA) is 101 Å². The van der Waals surface area contributed by atoms with E-state index in [1.807, 2.05) is 74.1 Å². The lowest BCUT2D eigenvalue weighted by atomic mass is 9.96. The number of pyridine rings is 2. The molecule has 0 amide bonds. The first-order valence-electron chi connectivity index (χ1n) is 19.5. The van der Waals surface area contributed by atoms with Crippen molar-refractivity contribution in [2.75, 3.05) is 0 Å². The van der Waals surface area contributed by atoms with Crippen LogP contribution in [0.2, 0.25) is 0 Å². The van der Waals surface area contributed by atoms with Crippen molar-refractivity contribution >= 4 is 21.8 Å². The van der Waals surface area contributed by atoms with E-state index >= 15 is 0 Å². The molecule has 4 heterocycles. The second kappa shape index (κ2) is 14.9. The molecule has 57 heavy (non-hydrogen) atoms. The summed E-state index contributed by atoms with van der Waals surface area (Å²) in [5, 5.41) is 20.3. The Morgan fingerprint density at radius 3 is 1.39 bits per heavy atom. The van der Waals surface area contributed by atoms with E-state index in [2.05, 4.69) is 133 Å². The maximum atomic E-state index is 6.77. The average Bonchev–Trinajstić information content (AvgIpc) is 3.50. The average molecular weight is 754 g/mol. The summed E-state index contributed by atoms with van der Waals surface area (Å²) >= 11 is 0.